The third kappa shape index (κ3) is 5.93. The highest BCUT2D eigenvalue weighted by Gasteiger charge is 2.34. The Bertz CT molecular complexity index is 1190. The van der Waals surface area contributed by atoms with Crippen molar-refractivity contribution in [2.45, 2.75) is 45.0 Å². The molecule has 0 bridgehead atoms. The second-order valence-corrected chi connectivity index (χ2v) is 9.44. The second-order valence-electron chi connectivity index (χ2n) is 8.21. The number of aryl methyl sites for hydroxylation is 1. The number of hydrogen-bond acceptors (Lipinski definition) is 7. The van der Waals surface area contributed by atoms with Gasteiger partial charge in [-0.3, -0.25) is 4.79 Å². The number of aromatic nitrogens is 3. The number of amides is 1. The van der Waals surface area contributed by atoms with E-state index in [0.29, 0.717) is 10.8 Å². The molecule has 12 heteroatoms. The highest BCUT2D eigenvalue weighted by atomic mass is 32.1. The summed E-state index contributed by atoms with van der Waals surface area (Å²) < 4.78 is 59.7. The van der Waals surface area contributed by atoms with Crippen molar-refractivity contribution >= 4 is 17.2 Å². The van der Waals surface area contributed by atoms with E-state index in [1.54, 1.807) is 19.2 Å². The summed E-state index contributed by atoms with van der Waals surface area (Å²) in [4.78, 5) is 24.8. The van der Waals surface area contributed by atoms with Crippen LogP contribution in [0.1, 0.15) is 52.4 Å². The van der Waals surface area contributed by atoms with E-state index < -0.39 is 29.8 Å². The Morgan fingerprint density at radius 3 is 2.46 bits per heavy atom. The fourth-order valence-electron chi connectivity index (χ4n) is 3.64. The number of ether oxygens (including phenoxy) is 1. The van der Waals surface area contributed by atoms with Crippen LogP contribution in [-0.2, 0) is 6.18 Å². The lowest BCUT2D eigenvalue weighted by Crippen LogP contribution is -2.34. The van der Waals surface area contributed by atoms with Crippen molar-refractivity contribution in [3.63, 3.8) is 0 Å². The number of carbonyl (C=O) groups is 1. The molecule has 0 radical (unpaired) electrons. The first-order valence-corrected chi connectivity index (χ1v) is 11.8. The van der Waals surface area contributed by atoms with E-state index in [9.17, 15) is 18.0 Å². The van der Waals surface area contributed by atoms with Crippen LogP contribution < -0.4 is 15.4 Å². The number of rotatable bonds is 6. The first-order chi connectivity index (χ1) is 16.6. The Balaban J connectivity index is 1.61. The number of carbonyl (C=O) groups excluding carboxylic acids is 1. The largest absolute Gasteiger partial charge is 0.490 e. The summed E-state index contributed by atoms with van der Waals surface area (Å²) in [6.07, 6.45) is 0.381. The van der Waals surface area contributed by atoms with Crippen molar-refractivity contribution in [1.29, 1.82) is 0 Å². The topological polar surface area (TPSA) is 89.0 Å². The lowest BCUT2D eigenvalue weighted by Gasteiger charge is -2.24. The van der Waals surface area contributed by atoms with Crippen LogP contribution in [0.3, 0.4) is 0 Å². The minimum atomic E-state index is -4.67. The van der Waals surface area contributed by atoms with Gasteiger partial charge in [0, 0.05) is 29.0 Å². The summed E-state index contributed by atoms with van der Waals surface area (Å²) in [7, 11) is 0. The van der Waals surface area contributed by atoms with E-state index in [0.717, 1.165) is 43.2 Å². The van der Waals surface area contributed by atoms with E-state index in [-0.39, 0.29) is 22.8 Å². The average molecular weight is 510 g/mol. The van der Waals surface area contributed by atoms with Gasteiger partial charge < -0.3 is 15.4 Å². The van der Waals surface area contributed by atoms with Gasteiger partial charge in [0.05, 0.1) is 17.2 Å². The van der Waals surface area contributed by atoms with Gasteiger partial charge in [0.15, 0.2) is 0 Å². The minimum Gasteiger partial charge on any atom is -0.490 e. The predicted molar refractivity (Wildman–Crippen MR) is 122 cm³/mol. The summed E-state index contributed by atoms with van der Waals surface area (Å²) in [5.41, 5.74) is 0.133. The SMILES string of the molecule is Cc1cnc(-c2cc(OC3CCNCC3)cc(C(=O)NC(C)c3cnc(C(F)(F)F)nc3)c2F)s1. The van der Waals surface area contributed by atoms with Crippen molar-refractivity contribution in [2.24, 2.45) is 0 Å². The lowest BCUT2D eigenvalue weighted by atomic mass is 10.1. The number of alkyl halides is 3. The molecular weight excluding hydrogens is 486 g/mol. The molecule has 1 aliphatic heterocycles. The normalized spacial score (nSPS) is 15.6. The zero-order chi connectivity index (χ0) is 25.2. The molecule has 35 heavy (non-hydrogen) atoms. The van der Waals surface area contributed by atoms with Crippen LogP contribution in [-0.4, -0.2) is 40.1 Å². The van der Waals surface area contributed by atoms with Crippen molar-refractivity contribution in [3.05, 3.63) is 58.4 Å². The summed E-state index contributed by atoms with van der Waals surface area (Å²) in [5.74, 6) is -2.45. The molecule has 1 amide bonds. The average Bonchev–Trinajstić information content (AvgIpc) is 3.26. The first kappa shape index (κ1) is 25.0. The van der Waals surface area contributed by atoms with Gasteiger partial charge >= 0.3 is 6.18 Å². The monoisotopic (exact) mass is 509 g/mol. The van der Waals surface area contributed by atoms with Gasteiger partial charge in [0.2, 0.25) is 5.82 Å². The first-order valence-electron chi connectivity index (χ1n) is 11.0. The fourth-order valence-corrected chi connectivity index (χ4v) is 4.41. The molecule has 7 nitrogen and oxygen atoms in total. The Hall–Kier alpha value is -3.12. The van der Waals surface area contributed by atoms with E-state index >= 15 is 4.39 Å². The molecule has 186 valence electrons. The van der Waals surface area contributed by atoms with Crippen molar-refractivity contribution in [2.75, 3.05) is 13.1 Å². The van der Waals surface area contributed by atoms with E-state index in [4.69, 9.17) is 4.74 Å². The number of thiazole rings is 1. The predicted octanol–water partition coefficient (Wildman–Crippen LogP) is 4.69. The van der Waals surface area contributed by atoms with E-state index in [1.807, 2.05) is 6.92 Å². The second kappa shape index (κ2) is 10.2. The number of halogens is 4. The smallest absolute Gasteiger partial charge is 0.451 e. The van der Waals surface area contributed by atoms with Crippen molar-refractivity contribution in [3.8, 4) is 16.3 Å². The molecule has 2 N–H and O–H groups in total. The third-order valence-corrected chi connectivity index (χ3v) is 6.45. The van der Waals surface area contributed by atoms with Crippen LogP contribution in [0, 0.1) is 12.7 Å². The molecule has 1 unspecified atom stereocenters. The number of nitrogens with zero attached hydrogens (tertiary/aromatic N) is 3. The maximum Gasteiger partial charge on any atom is 0.451 e. The van der Waals surface area contributed by atoms with E-state index in [1.165, 1.54) is 17.4 Å². The van der Waals surface area contributed by atoms with Crippen LogP contribution in [0.2, 0.25) is 0 Å². The molecule has 2 aromatic heterocycles. The lowest BCUT2D eigenvalue weighted by molar-refractivity contribution is -0.145. The van der Waals surface area contributed by atoms with Gasteiger partial charge in [-0.05, 0) is 51.9 Å². The Morgan fingerprint density at radius 2 is 1.86 bits per heavy atom. The molecule has 1 aromatic carbocycles. The molecular formula is C23H23F4N5O2S. The molecule has 1 fully saturated rings. The highest BCUT2D eigenvalue weighted by molar-refractivity contribution is 7.14. The Labute approximate surface area is 203 Å². The molecule has 3 heterocycles. The van der Waals surface area contributed by atoms with Crippen LogP contribution in [0.4, 0.5) is 17.6 Å². The Morgan fingerprint density at radius 1 is 1.17 bits per heavy atom. The molecule has 3 aromatic rings. The maximum atomic E-state index is 15.5. The number of hydrogen-bond donors (Lipinski definition) is 2. The summed E-state index contributed by atoms with van der Waals surface area (Å²) in [5, 5.41) is 6.26. The molecule has 4 rings (SSSR count). The molecule has 1 aliphatic rings. The zero-order valence-electron chi connectivity index (χ0n) is 18.9. The van der Waals surface area contributed by atoms with Crippen LogP contribution in [0.15, 0.2) is 30.7 Å². The van der Waals surface area contributed by atoms with Gasteiger partial charge in [-0.2, -0.15) is 13.2 Å². The van der Waals surface area contributed by atoms with Crippen molar-refractivity contribution < 1.29 is 27.1 Å². The van der Waals surface area contributed by atoms with Gasteiger partial charge in [-0.15, -0.1) is 11.3 Å². The van der Waals surface area contributed by atoms with Crippen LogP contribution in [0.25, 0.3) is 10.6 Å². The number of piperidine rings is 1. The molecule has 1 saturated heterocycles. The Kier molecular flexibility index (Phi) is 7.31. The number of benzene rings is 1. The van der Waals surface area contributed by atoms with Gasteiger partial charge in [0.25, 0.3) is 5.91 Å². The molecule has 0 aliphatic carbocycles. The van der Waals surface area contributed by atoms with Crippen LogP contribution >= 0.6 is 11.3 Å². The standard InChI is InChI=1S/C23H23F4N5O2S/c1-12-9-29-21(35-12)18-8-16(34-15-3-5-28-6-4-15)7-17(19(18)24)20(33)32-13(2)14-10-30-22(31-11-14)23(25,26)27/h7-11,13,15,28H,3-6H2,1-2H3,(H,32,33). The minimum absolute atomic E-state index is 0.0771. The maximum absolute atomic E-state index is 15.5. The molecule has 0 saturated carbocycles. The highest BCUT2D eigenvalue weighted by Crippen LogP contribution is 2.34. The van der Waals surface area contributed by atoms with Gasteiger partial charge in [0.1, 0.15) is 22.7 Å². The zero-order valence-corrected chi connectivity index (χ0v) is 19.8. The molecule has 0 spiro atoms. The summed E-state index contributed by atoms with van der Waals surface area (Å²) in [6, 6.07) is 2.11. The van der Waals surface area contributed by atoms with E-state index in [2.05, 4.69) is 25.6 Å². The van der Waals surface area contributed by atoms with Gasteiger partial charge in [-0.25, -0.2) is 19.3 Å². The fraction of sp³-hybridized carbons (Fsp3) is 0.391. The quantitative estimate of drug-likeness (QED) is 0.469. The van der Waals surface area contributed by atoms with Gasteiger partial charge in [-0.1, -0.05) is 0 Å². The number of nitrogens with one attached hydrogen (secondary N) is 2. The molecule has 1 atom stereocenters. The summed E-state index contributed by atoms with van der Waals surface area (Å²) >= 11 is 1.29. The van der Waals surface area contributed by atoms with Crippen LogP contribution in [0.5, 0.6) is 5.75 Å². The summed E-state index contributed by atoms with van der Waals surface area (Å²) in [6.45, 7) is 4.98. The van der Waals surface area contributed by atoms with Crippen molar-refractivity contribution in [1.82, 2.24) is 25.6 Å². The third-order valence-electron chi connectivity index (χ3n) is 5.50.